The van der Waals surface area contributed by atoms with Crippen LogP contribution in [-0.2, 0) is 38.6 Å². The van der Waals surface area contributed by atoms with Gasteiger partial charge in [0, 0.05) is 12.8 Å². The number of hydrogen-bond acceptors (Lipinski definition) is 6. The second-order valence-electron chi connectivity index (χ2n) is 10.9. The van der Waals surface area contributed by atoms with Gasteiger partial charge in [0.1, 0.15) is 19.0 Å². The predicted molar refractivity (Wildman–Crippen MR) is 175 cm³/mol. The van der Waals surface area contributed by atoms with Gasteiger partial charge < -0.3 is 25.2 Å². The smallest absolute Gasteiger partial charge is 0.306 e. The third-order valence-electron chi connectivity index (χ3n) is 7.16. The Bertz CT molecular complexity index is 1340. The summed E-state index contributed by atoms with van der Waals surface area (Å²) in [5.74, 6) is -1.01. The molecule has 45 heavy (non-hydrogen) atoms. The molecule has 3 aromatic carbocycles. The Morgan fingerprint density at radius 1 is 0.778 bits per heavy atom. The number of hydrogen-bond donors (Lipinski definition) is 3. The SMILES string of the molecule is C=CCCC(=O)OC[C@H](Cc1ccccc1)NC(=O)[C@@H](CC=C)CC(=O)N[C@H](CO)Cc1ccc(OCc2ccccc2)cc1. The molecule has 0 aliphatic rings. The summed E-state index contributed by atoms with van der Waals surface area (Å²) in [6.45, 7) is 7.59. The van der Waals surface area contributed by atoms with E-state index in [1.54, 1.807) is 12.2 Å². The zero-order valence-electron chi connectivity index (χ0n) is 25.7. The first kappa shape index (κ1) is 34.8. The third kappa shape index (κ3) is 13.2. The Kier molecular flexibility index (Phi) is 15.1. The van der Waals surface area contributed by atoms with E-state index in [0.29, 0.717) is 25.9 Å². The zero-order chi connectivity index (χ0) is 32.3. The first-order chi connectivity index (χ1) is 21.9. The van der Waals surface area contributed by atoms with E-state index in [1.807, 2.05) is 84.9 Å². The number of rotatable bonds is 20. The molecule has 0 fully saturated rings. The van der Waals surface area contributed by atoms with Crippen molar-refractivity contribution in [3.05, 3.63) is 127 Å². The molecule has 8 nitrogen and oxygen atoms in total. The maximum atomic E-state index is 13.4. The van der Waals surface area contributed by atoms with E-state index < -0.39 is 18.0 Å². The lowest BCUT2D eigenvalue weighted by atomic mass is 9.98. The molecular formula is C37H44N2O6. The summed E-state index contributed by atoms with van der Waals surface area (Å²) >= 11 is 0. The van der Waals surface area contributed by atoms with E-state index in [-0.39, 0.29) is 50.3 Å². The van der Waals surface area contributed by atoms with Gasteiger partial charge in [-0.15, -0.1) is 13.2 Å². The average molecular weight is 613 g/mol. The minimum absolute atomic E-state index is 0.00624. The minimum atomic E-state index is -0.683. The fourth-order valence-corrected chi connectivity index (χ4v) is 4.76. The highest BCUT2D eigenvalue weighted by atomic mass is 16.5. The highest BCUT2D eigenvalue weighted by molar-refractivity contribution is 5.86. The molecule has 0 unspecified atom stereocenters. The van der Waals surface area contributed by atoms with Crippen molar-refractivity contribution in [2.24, 2.45) is 5.92 Å². The fourth-order valence-electron chi connectivity index (χ4n) is 4.76. The van der Waals surface area contributed by atoms with Crippen LogP contribution in [-0.4, -0.2) is 48.2 Å². The molecule has 0 saturated heterocycles. The molecule has 0 saturated carbocycles. The number of carbonyl (C=O) groups is 3. The van der Waals surface area contributed by atoms with Crippen LogP contribution in [0.2, 0.25) is 0 Å². The highest BCUT2D eigenvalue weighted by Gasteiger charge is 2.25. The first-order valence-corrected chi connectivity index (χ1v) is 15.3. The Morgan fingerprint density at radius 2 is 1.40 bits per heavy atom. The molecule has 8 heteroatoms. The summed E-state index contributed by atoms with van der Waals surface area (Å²) in [5, 5.41) is 15.8. The van der Waals surface area contributed by atoms with Crippen LogP contribution in [0, 0.1) is 5.92 Å². The van der Waals surface area contributed by atoms with Crippen molar-refractivity contribution in [1.29, 1.82) is 0 Å². The molecule has 0 bridgehead atoms. The van der Waals surface area contributed by atoms with Crippen molar-refractivity contribution in [2.75, 3.05) is 13.2 Å². The van der Waals surface area contributed by atoms with E-state index >= 15 is 0 Å². The Balaban J connectivity index is 1.55. The van der Waals surface area contributed by atoms with Crippen molar-refractivity contribution in [3.8, 4) is 5.75 Å². The number of aliphatic hydroxyl groups is 1. The Labute approximate surface area is 266 Å². The van der Waals surface area contributed by atoms with Crippen LogP contribution in [0.15, 0.2) is 110 Å². The highest BCUT2D eigenvalue weighted by Crippen LogP contribution is 2.16. The molecule has 3 N–H and O–H groups in total. The van der Waals surface area contributed by atoms with E-state index in [2.05, 4.69) is 23.8 Å². The molecule has 2 amide bonds. The van der Waals surface area contributed by atoms with Gasteiger partial charge in [-0.3, -0.25) is 14.4 Å². The molecule has 0 aliphatic carbocycles. The van der Waals surface area contributed by atoms with E-state index in [1.165, 1.54) is 0 Å². The van der Waals surface area contributed by atoms with Crippen molar-refractivity contribution < 1.29 is 29.0 Å². The maximum absolute atomic E-state index is 13.4. The van der Waals surface area contributed by atoms with Gasteiger partial charge in [0.15, 0.2) is 0 Å². The third-order valence-corrected chi connectivity index (χ3v) is 7.16. The Hall–Kier alpha value is -4.69. The topological polar surface area (TPSA) is 114 Å². The van der Waals surface area contributed by atoms with Crippen molar-refractivity contribution in [1.82, 2.24) is 10.6 Å². The van der Waals surface area contributed by atoms with Crippen LogP contribution in [0.1, 0.15) is 42.4 Å². The second-order valence-corrected chi connectivity index (χ2v) is 10.9. The van der Waals surface area contributed by atoms with Gasteiger partial charge in [0.05, 0.1) is 24.6 Å². The van der Waals surface area contributed by atoms with Crippen LogP contribution >= 0.6 is 0 Å². The number of ether oxygens (including phenoxy) is 2. The van der Waals surface area contributed by atoms with E-state index in [0.717, 1.165) is 22.4 Å². The van der Waals surface area contributed by atoms with Crippen LogP contribution in [0.5, 0.6) is 5.75 Å². The van der Waals surface area contributed by atoms with Gasteiger partial charge in [-0.2, -0.15) is 0 Å². The van der Waals surface area contributed by atoms with Crippen LogP contribution < -0.4 is 15.4 Å². The van der Waals surface area contributed by atoms with Gasteiger partial charge in [0.2, 0.25) is 11.8 Å². The van der Waals surface area contributed by atoms with Gasteiger partial charge in [0.25, 0.3) is 0 Å². The summed E-state index contributed by atoms with van der Waals surface area (Å²) < 4.78 is 11.3. The monoisotopic (exact) mass is 612 g/mol. The van der Waals surface area contributed by atoms with E-state index in [9.17, 15) is 19.5 Å². The molecule has 0 aliphatic heterocycles. The van der Waals surface area contributed by atoms with Crippen LogP contribution in [0.3, 0.4) is 0 Å². The normalized spacial score (nSPS) is 12.6. The van der Waals surface area contributed by atoms with Gasteiger partial charge in [-0.1, -0.05) is 84.9 Å². The number of nitrogens with one attached hydrogen (secondary N) is 2. The summed E-state index contributed by atoms with van der Waals surface area (Å²) in [7, 11) is 0. The molecule has 238 valence electrons. The molecule has 3 rings (SSSR count). The Morgan fingerprint density at radius 3 is 2.02 bits per heavy atom. The molecule has 0 heterocycles. The lowest BCUT2D eigenvalue weighted by Crippen LogP contribution is -2.45. The quantitative estimate of drug-likeness (QED) is 0.121. The van der Waals surface area contributed by atoms with Crippen LogP contribution in [0.25, 0.3) is 0 Å². The predicted octanol–water partition coefficient (Wildman–Crippen LogP) is 5.10. The number of allylic oxidation sites excluding steroid dienone is 2. The fraction of sp³-hybridized carbons (Fsp3) is 0.324. The summed E-state index contributed by atoms with van der Waals surface area (Å²) in [6.07, 6.45) is 5.04. The lowest BCUT2D eigenvalue weighted by molar-refractivity contribution is -0.145. The average Bonchev–Trinajstić information content (AvgIpc) is 3.06. The summed E-state index contributed by atoms with van der Waals surface area (Å²) in [5.41, 5.74) is 2.97. The molecule has 0 radical (unpaired) electrons. The molecule has 0 spiro atoms. The molecule has 0 aromatic heterocycles. The van der Waals surface area contributed by atoms with Crippen molar-refractivity contribution >= 4 is 17.8 Å². The number of benzene rings is 3. The zero-order valence-corrected chi connectivity index (χ0v) is 25.7. The van der Waals surface area contributed by atoms with E-state index in [4.69, 9.17) is 9.47 Å². The second kappa shape index (κ2) is 19.6. The van der Waals surface area contributed by atoms with Gasteiger partial charge >= 0.3 is 5.97 Å². The van der Waals surface area contributed by atoms with Gasteiger partial charge in [-0.25, -0.2) is 0 Å². The minimum Gasteiger partial charge on any atom is -0.489 e. The summed E-state index contributed by atoms with van der Waals surface area (Å²) in [6, 6.07) is 26.0. The van der Waals surface area contributed by atoms with Crippen molar-refractivity contribution in [3.63, 3.8) is 0 Å². The van der Waals surface area contributed by atoms with Crippen molar-refractivity contribution in [2.45, 2.75) is 57.2 Å². The number of carbonyl (C=O) groups excluding carboxylic acids is 3. The first-order valence-electron chi connectivity index (χ1n) is 15.3. The maximum Gasteiger partial charge on any atom is 0.306 e. The largest absolute Gasteiger partial charge is 0.489 e. The lowest BCUT2D eigenvalue weighted by Gasteiger charge is -2.23. The van der Waals surface area contributed by atoms with Crippen LogP contribution in [0.4, 0.5) is 0 Å². The molecule has 3 atom stereocenters. The molecular weight excluding hydrogens is 568 g/mol. The number of aliphatic hydroxyl groups excluding tert-OH is 1. The summed E-state index contributed by atoms with van der Waals surface area (Å²) in [4.78, 5) is 38.5. The van der Waals surface area contributed by atoms with Gasteiger partial charge in [-0.05, 0) is 54.5 Å². The standard InChI is InChI=1S/C37H44N2O6/c1-3-5-17-36(42)45-27-33(23-28-13-8-6-9-14-28)39-37(43)31(12-4-2)24-35(41)38-32(25-40)22-29-18-20-34(21-19-29)44-26-30-15-10-7-11-16-30/h3-4,6-11,13-16,18-21,31-33,40H,1-2,5,12,17,22-27H2,(H,38,41)(H,39,43)/t31-,32-,33-/m0/s1. The number of amides is 2. The number of esters is 1. The molecule has 3 aromatic rings.